The van der Waals surface area contributed by atoms with Crippen LogP contribution in [-0.4, -0.2) is 22.1 Å². The molecule has 0 saturated carbocycles. The summed E-state index contributed by atoms with van der Waals surface area (Å²) in [5.74, 6) is 0.813. The number of rotatable bonds is 6. The average molecular weight is 881 g/mol. The van der Waals surface area contributed by atoms with Gasteiger partial charge in [0, 0.05) is 75.1 Å². The third-order valence-electron chi connectivity index (χ3n) is 14.8. The molecule has 0 fully saturated rings. The summed E-state index contributed by atoms with van der Waals surface area (Å²) in [4.78, 5) is 13.9. The summed E-state index contributed by atoms with van der Waals surface area (Å²) in [6.45, 7) is 9.52. The fourth-order valence-corrected chi connectivity index (χ4v) is 11.3. The maximum absolute atomic E-state index is 4.54. The standard InChI is InChI=1S/2C32H28N2/c1-32(2)28-15-3-5-17-30(28)34(31-18-6-4-16-29(31)32)27-14-8-12-25(21-27)23-10-7-11-24(20-23)26-13-9-19-33-22-26;1-32(2)27-15-3-5-18-30(27)34(31-19-6-4-16-28(31)32)26-14-10-12-24(22-26)23-11-9-13-25(21-23)29-17-7-8-20-33-29/h3-22,28,30H,1-2H3;3-22,27,30H,1-2H3. The van der Waals surface area contributed by atoms with Crippen molar-refractivity contribution < 1.29 is 0 Å². The van der Waals surface area contributed by atoms with Gasteiger partial charge in [0.05, 0.1) is 17.8 Å². The van der Waals surface area contributed by atoms with Gasteiger partial charge in [-0.2, -0.15) is 0 Å². The Labute approximate surface area is 402 Å². The first kappa shape index (κ1) is 42.8. The molecular weight excluding hydrogens is 825 g/mol. The molecule has 4 atom stereocenters. The zero-order chi connectivity index (χ0) is 46.2. The number of pyridine rings is 2. The second-order valence-electron chi connectivity index (χ2n) is 19.5. The topological polar surface area (TPSA) is 32.3 Å². The van der Waals surface area contributed by atoms with Gasteiger partial charge in [0.1, 0.15) is 0 Å². The lowest BCUT2D eigenvalue weighted by Gasteiger charge is -2.50. The number of hydrogen-bond acceptors (Lipinski definition) is 4. The number of aromatic nitrogens is 2. The van der Waals surface area contributed by atoms with Crippen LogP contribution in [0.5, 0.6) is 0 Å². The normalized spacial score (nSPS) is 20.0. The Morgan fingerprint density at radius 3 is 1.34 bits per heavy atom. The highest BCUT2D eigenvalue weighted by molar-refractivity contribution is 5.81. The van der Waals surface area contributed by atoms with E-state index >= 15 is 0 Å². The molecular formula is C64H56N4. The summed E-state index contributed by atoms with van der Waals surface area (Å²) in [7, 11) is 0. The number of anilines is 4. The van der Waals surface area contributed by atoms with E-state index in [1.807, 2.05) is 36.8 Å². The van der Waals surface area contributed by atoms with Gasteiger partial charge in [-0.25, -0.2) is 0 Å². The van der Waals surface area contributed by atoms with Crippen LogP contribution in [0, 0.1) is 11.8 Å². The van der Waals surface area contributed by atoms with Crippen molar-refractivity contribution in [1.82, 2.24) is 9.97 Å². The Balaban J connectivity index is 0.000000149. The van der Waals surface area contributed by atoms with Crippen molar-refractivity contribution in [2.75, 3.05) is 9.80 Å². The average Bonchev–Trinajstić information content (AvgIpc) is 3.40. The van der Waals surface area contributed by atoms with E-state index in [1.165, 1.54) is 61.7 Å². The number of hydrogen-bond donors (Lipinski definition) is 0. The minimum Gasteiger partial charge on any atom is -0.334 e. The van der Waals surface area contributed by atoms with Crippen LogP contribution in [0.25, 0.3) is 44.6 Å². The van der Waals surface area contributed by atoms with E-state index < -0.39 is 0 Å². The van der Waals surface area contributed by atoms with Crippen molar-refractivity contribution in [2.24, 2.45) is 11.8 Å². The number of nitrogens with zero attached hydrogens (tertiary/aromatic N) is 4. The maximum atomic E-state index is 4.54. The Hall–Kier alpha value is -7.82. The van der Waals surface area contributed by atoms with E-state index in [4.69, 9.17) is 0 Å². The van der Waals surface area contributed by atoms with Crippen LogP contribution in [0.4, 0.5) is 22.7 Å². The van der Waals surface area contributed by atoms with E-state index in [-0.39, 0.29) is 22.9 Å². The monoisotopic (exact) mass is 880 g/mol. The highest BCUT2D eigenvalue weighted by Gasteiger charge is 2.46. The van der Waals surface area contributed by atoms with Crippen LogP contribution >= 0.6 is 0 Å². The van der Waals surface area contributed by atoms with Crippen molar-refractivity contribution in [3.63, 3.8) is 0 Å². The van der Waals surface area contributed by atoms with Gasteiger partial charge in [-0.3, -0.25) is 9.97 Å². The van der Waals surface area contributed by atoms with Gasteiger partial charge in [-0.05, 0) is 106 Å². The van der Waals surface area contributed by atoms with Crippen molar-refractivity contribution in [2.45, 2.75) is 50.6 Å². The molecule has 2 aliphatic heterocycles. The molecule has 68 heavy (non-hydrogen) atoms. The van der Waals surface area contributed by atoms with Gasteiger partial charge < -0.3 is 9.80 Å². The predicted molar refractivity (Wildman–Crippen MR) is 285 cm³/mol. The molecule has 6 aromatic carbocycles. The molecule has 0 radical (unpaired) electrons. The number of fused-ring (bicyclic) bond motifs is 4. The first-order chi connectivity index (χ1) is 33.3. The first-order valence-corrected chi connectivity index (χ1v) is 24.0. The van der Waals surface area contributed by atoms with Crippen LogP contribution in [0.1, 0.15) is 38.8 Å². The summed E-state index contributed by atoms with van der Waals surface area (Å²) < 4.78 is 0. The zero-order valence-corrected chi connectivity index (χ0v) is 39.2. The molecule has 0 N–H and O–H groups in total. The summed E-state index contributed by atoms with van der Waals surface area (Å²) in [6.07, 6.45) is 23.9. The van der Waals surface area contributed by atoms with Crippen molar-refractivity contribution in [1.29, 1.82) is 0 Å². The summed E-state index contributed by atoms with van der Waals surface area (Å²) in [6, 6.07) is 63.8. The van der Waals surface area contributed by atoms with Crippen LogP contribution in [0.3, 0.4) is 0 Å². The largest absolute Gasteiger partial charge is 0.334 e. The number of benzene rings is 6. The van der Waals surface area contributed by atoms with Crippen molar-refractivity contribution in [3.05, 3.63) is 254 Å². The van der Waals surface area contributed by atoms with Crippen LogP contribution in [-0.2, 0) is 10.8 Å². The third-order valence-corrected chi connectivity index (χ3v) is 14.8. The Kier molecular flexibility index (Phi) is 11.2. The van der Waals surface area contributed by atoms with Gasteiger partial charge in [0.2, 0.25) is 0 Å². The molecule has 12 rings (SSSR count). The van der Waals surface area contributed by atoms with Gasteiger partial charge in [0.15, 0.2) is 0 Å². The lowest BCUT2D eigenvalue weighted by molar-refractivity contribution is 0.332. The molecule has 4 unspecified atom stereocenters. The summed E-state index contributed by atoms with van der Waals surface area (Å²) >= 11 is 0. The molecule has 0 bridgehead atoms. The number of para-hydroxylation sites is 2. The molecule has 8 aromatic rings. The molecule has 0 spiro atoms. The third kappa shape index (κ3) is 7.80. The van der Waals surface area contributed by atoms with Crippen molar-refractivity contribution in [3.8, 4) is 44.6 Å². The minimum absolute atomic E-state index is 0.0631. The smallest absolute Gasteiger partial charge is 0.0702 e. The Bertz CT molecular complexity index is 3010. The molecule has 0 saturated heterocycles. The zero-order valence-electron chi connectivity index (χ0n) is 39.2. The Morgan fingerprint density at radius 1 is 0.382 bits per heavy atom. The molecule has 4 aliphatic rings. The van der Waals surface area contributed by atoms with Crippen LogP contribution in [0.15, 0.2) is 243 Å². The molecule has 2 aliphatic carbocycles. The molecule has 332 valence electrons. The molecule has 0 amide bonds. The molecule has 4 heteroatoms. The molecule has 4 heterocycles. The van der Waals surface area contributed by atoms with Gasteiger partial charge >= 0.3 is 0 Å². The second kappa shape index (κ2) is 17.8. The molecule has 2 aromatic heterocycles. The van der Waals surface area contributed by atoms with Crippen LogP contribution in [0.2, 0.25) is 0 Å². The lowest BCUT2D eigenvalue weighted by Crippen LogP contribution is -2.49. The van der Waals surface area contributed by atoms with E-state index in [0.29, 0.717) is 11.8 Å². The first-order valence-electron chi connectivity index (χ1n) is 24.0. The number of allylic oxidation sites excluding steroid dienone is 4. The van der Waals surface area contributed by atoms with Gasteiger partial charge in [0.25, 0.3) is 0 Å². The fraction of sp³-hybridized carbons (Fsp3) is 0.156. The fourth-order valence-electron chi connectivity index (χ4n) is 11.3. The van der Waals surface area contributed by atoms with Gasteiger partial charge in [-0.15, -0.1) is 0 Å². The second-order valence-corrected chi connectivity index (χ2v) is 19.5. The van der Waals surface area contributed by atoms with E-state index in [9.17, 15) is 0 Å². The highest BCUT2D eigenvalue weighted by atomic mass is 15.2. The quantitative estimate of drug-likeness (QED) is 0.167. The minimum atomic E-state index is 0.0631. The highest BCUT2D eigenvalue weighted by Crippen LogP contribution is 2.52. The van der Waals surface area contributed by atoms with Crippen LogP contribution < -0.4 is 9.80 Å². The van der Waals surface area contributed by atoms with Crippen molar-refractivity contribution >= 4 is 22.7 Å². The molecule has 4 nitrogen and oxygen atoms in total. The summed E-state index contributed by atoms with van der Waals surface area (Å²) in [5.41, 5.74) is 17.3. The van der Waals surface area contributed by atoms with E-state index in [1.54, 1.807) is 0 Å². The maximum Gasteiger partial charge on any atom is 0.0702 e. The van der Waals surface area contributed by atoms with Gasteiger partial charge in [-0.1, -0.05) is 185 Å². The summed E-state index contributed by atoms with van der Waals surface area (Å²) in [5, 5.41) is 0. The predicted octanol–water partition coefficient (Wildman–Crippen LogP) is 15.9. The lowest BCUT2D eigenvalue weighted by atomic mass is 9.65. The van der Waals surface area contributed by atoms with E-state index in [0.717, 1.165) is 16.8 Å². The SMILES string of the molecule is CC1(C)c2ccccc2N(c2cccc(-c3cccc(-c4ccccn4)c3)c2)C2C=CC=CC21.CC1(C)c2ccccc2N(c2cccc(-c3cccc(-c4cccnc4)c3)c2)C2C=CC=CC21. The van der Waals surface area contributed by atoms with E-state index in [2.05, 4.69) is 254 Å². The Morgan fingerprint density at radius 2 is 0.824 bits per heavy atom.